The van der Waals surface area contributed by atoms with Crippen LogP contribution in [0, 0.1) is 17.3 Å². The van der Waals surface area contributed by atoms with E-state index >= 15 is 0 Å². The van der Waals surface area contributed by atoms with E-state index < -0.39 is 23.1 Å². The minimum Gasteiger partial charge on any atom is -0.462 e. The average Bonchev–Trinajstić information content (AvgIpc) is 2.61. The van der Waals surface area contributed by atoms with E-state index in [9.17, 15) is 14.7 Å². The number of aliphatic hydroxyl groups is 1. The van der Waals surface area contributed by atoms with Crippen LogP contribution in [0.4, 0.5) is 0 Å². The Morgan fingerprint density at radius 2 is 2.18 bits per heavy atom. The highest BCUT2D eigenvalue weighted by molar-refractivity contribution is 5.91. The van der Waals surface area contributed by atoms with Crippen molar-refractivity contribution in [2.24, 2.45) is 17.3 Å². The Balaban J connectivity index is 2.00. The first kappa shape index (κ1) is 15.3. The zero-order valence-corrected chi connectivity index (χ0v) is 13.2. The Morgan fingerprint density at radius 3 is 2.82 bits per heavy atom. The summed E-state index contributed by atoms with van der Waals surface area (Å²) in [6.45, 7) is 9.23. The van der Waals surface area contributed by atoms with Crippen LogP contribution in [0.3, 0.4) is 0 Å². The molecule has 120 valence electrons. The summed E-state index contributed by atoms with van der Waals surface area (Å²) in [5.41, 5.74) is 1.09. The van der Waals surface area contributed by atoms with Gasteiger partial charge in [0.1, 0.15) is 6.10 Å². The zero-order chi connectivity index (χ0) is 16.3. The molecule has 2 fully saturated rings. The first-order valence-corrected chi connectivity index (χ1v) is 7.66. The highest BCUT2D eigenvalue weighted by atomic mass is 16.7. The van der Waals surface area contributed by atoms with Crippen LogP contribution in [0.25, 0.3) is 0 Å². The highest BCUT2D eigenvalue weighted by Gasteiger charge is 2.63. The molecule has 1 saturated heterocycles. The van der Waals surface area contributed by atoms with Crippen LogP contribution in [-0.4, -0.2) is 28.9 Å². The van der Waals surface area contributed by atoms with Gasteiger partial charge in [0.05, 0.1) is 5.92 Å². The zero-order valence-electron chi connectivity index (χ0n) is 13.2. The summed E-state index contributed by atoms with van der Waals surface area (Å²) >= 11 is 0. The first-order valence-electron chi connectivity index (χ1n) is 7.66. The van der Waals surface area contributed by atoms with Gasteiger partial charge in [-0.05, 0) is 19.3 Å². The Morgan fingerprint density at radius 1 is 1.50 bits per heavy atom. The Kier molecular flexibility index (Phi) is 3.25. The fraction of sp³-hybridized carbons (Fsp3) is 0.647. The molecule has 0 aromatic heterocycles. The van der Waals surface area contributed by atoms with Gasteiger partial charge in [-0.15, -0.1) is 0 Å². The SMILES string of the molecule is C=C1C(=O)OC2(O)CC3(C)C(OC(C)=O)CC=C(C)C3CC12. The monoisotopic (exact) mass is 306 g/mol. The van der Waals surface area contributed by atoms with Gasteiger partial charge in [-0.1, -0.05) is 25.2 Å². The lowest BCUT2D eigenvalue weighted by Gasteiger charge is -2.53. The van der Waals surface area contributed by atoms with E-state index in [0.717, 1.165) is 0 Å². The number of hydrogen-bond donors (Lipinski definition) is 1. The molecule has 5 atom stereocenters. The maximum Gasteiger partial charge on any atom is 0.336 e. The van der Waals surface area contributed by atoms with Crippen LogP contribution >= 0.6 is 0 Å². The van der Waals surface area contributed by atoms with Crippen LogP contribution < -0.4 is 0 Å². The summed E-state index contributed by atoms with van der Waals surface area (Å²) in [7, 11) is 0. The first-order chi connectivity index (χ1) is 10.2. The number of carbonyl (C=O) groups excluding carboxylic acids is 2. The van der Waals surface area contributed by atoms with Crippen molar-refractivity contribution in [2.75, 3.05) is 0 Å². The number of fused-ring (bicyclic) bond motifs is 2. The number of hydrogen-bond acceptors (Lipinski definition) is 5. The molecule has 1 N–H and O–H groups in total. The largest absolute Gasteiger partial charge is 0.462 e. The number of allylic oxidation sites excluding steroid dienone is 1. The van der Waals surface area contributed by atoms with E-state index in [1.54, 1.807) is 0 Å². The minimum atomic E-state index is -1.53. The lowest BCUT2D eigenvalue weighted by molar-refractivity contribution is -0.247. The fourth-order valence-electron chi connectivity index (χ4n) is 4.50. The second-order valence-corrected chi connectivity index (χ2v) is 7.06. The maximum atomic E-state index is 11.8. The number of esters is 2. The van der Waals surface area contributed by atoms with Gasteiger partial charge in [-0.2, -0.15) is 0 Å². The standard InChI is InChI=1S/C17H22O5/c1-9-5-6-14(21-11(3)18)16(4)8-17(20)13(7-12(9)16)10(2)15(19)22-17/h5,12-14,20H,2,6-8H2,1,3-4H3. The molecule has 5 nitrogen and oxygen atoms in total. The normalized spacial score (nSPS) is 43.8. The van der Waals surface area contributed by atoms with E-state index in [1.165, 1.54) is 12.5 Å². The van der Waals surface area contributed by atoms with Gasteiger partial charge >= 0.3 is 11.9 Å². The van der Waals surface area contributed by atoms with Crippen molar-refractivity contribution in [3.63, 3.8) is 0 Å². The van der Waals surface area contributed by atoms with E-state index in [4.69, 9.17) is 9.47 Å². The smallest absolute Gasteiger partial charge is 0.336 e. The predicted octanol–water partition coefficient (Wildman–Crippen LogP) is 2.10. The summed E-state index contributed by atoms with van der Waals surface area (Å²) in [5.74, 6) is -2.66. The van der Waals surface area contributed by atoms with Gasteiger partial charge in [-0.3, -0.25) is 4.79 Å². The topological polar surface area (TPSA) is 72.8 Å². The van der Waals surface area contributed by atoms with Gasteiger partial charge in [0.15, 0.2) is 0 Å². The Labute approximate surface area is 130 Å². The molecule has 2 aliphatic carbocycles. The molecule has 0 radical (unpaired) electrons. The summed E-state index contributed by atoms with van der Waals surface area (Å²) in [5, 5.41) is 10.8. The number of ether oxygens (including phenoxy) is 2. The second kappa shape index (κ2) is 4.69. The molecule has 3 aliphatic rings. The van der Waals surface area contributed by atoms with Gasteiger partial charge in [0.2, 0.25) is 5.79 Å². The number of carbonyl (C=O) groups is 2. The van der Waals surface area contributed by atoms with E-state index in [1.807, 2.05) is 6.92 Å². The second-order valence-electron chi connectivity index (χ2n) is 7.06. The third-order valence-electron chi connectivity index (χ3n) is 5.65. The third-order valence-corrected chi connectivity index (χ3v) is 5.65. The van der Waals surface area contributed by atoms with Crippen molar-refractivity contribution >= 4 is 11.9 Å². The molecule has 5 heteroatoms. The van der Waals surface area contributed by atoms with Gasteiger partial charge in [0, 0.05) is 30.8 Å². The Bertz CT molecular complexity index is 592. The molecule has 1 aliphatic heterocycles. The quantitative estimate of drug-likeness (QED) is 0.456. The fourth-order valence-corrected chi connectivity index (χ4v) is 4.50. The molecule has 1 heterocycles. The van der Waals surface area contributed by atoms with Gasteiger partial charge < -0.3 is 14.6 Å². The summed E-state index contributed by atoms with van der Waals surface area (Å²) in [4.78, 5) is 23.2. The van der Waals surface area contributed by atoms with Gasteiger partial charge in [0.25, 0.3) is 0 Å². The molecule has 0 amide bonds. The molecule has 1 saturated carbocycles. The molecule has 3 rings (SSSR count). The van der Waals surface area contributed by atoms with Crippen LogP contribution in [0.2, 0.25) is 0 Å². The predicted molar refractivity (Wildman–Crippen MR) is 78.4 cm³/mol. The maximum absolute atomic E-state index is 11.8. The lowest BCUT2D eigenvalue weighted by atomic mass is 9.54. The van der Waals surface area contributed by atoms with Crippen molar-refractivity contribution < 1.29 is 24.2 Å². The lowest BCUT2D eigenvalue weighted by Crippen LogP contribution is -2.56. The molecule has 5 unspecified atom stereocenters. The van der Waals surface area contributed by atoms with Crippen molar-refractivity contribution in [2.45, 2.75) is 51.9 Å². The van der Waals surface area contributed by atoms with Crippen molar-refractivity contribution in [3.8, 4) is 0 Å². The van der Waals surface area contributed by atoms with Crippen molar-refractivity contribution in [1.29, 1.82) is 0 Å². The highest BCUT2D eigenvalue weighted by Crippen LogP contribution is 2.59. The van der Waals surface area contributed by atoms with Crippen LogP contribution in [0.1, 0.15) is 40.0 Å². The van der Waals surface area contributed by atoms with Crippen molar-refractivity contribution in [3.05, 3.63) is 23.8 Å². The van der Waals surface area contributed by atoms with E-state index in [-0.39, 0.29) is 24.4 Å². The minimum absolute atomic E-state index is 0.127. The third kappa shape index (κ3) is 2.02. The molecule has 0 spiro atoms. The van der Waals surface area contributed by atoms with Gasteiger partial charge in [-0.25, -0.2) is 4.79 Å². The summed E-state index contributed by atoms with van der Waals surface area (Å²) in [6.07, 6.45) is 3.22. The van der Waals surface area contributed by atoms with E-state index in [2.05, 4.69) is 19.6 Å². The van der Waals surface area contributed by atoms with E-state index in [0.29, 0.717) is 18.4 Å². The number of rotatable bonds is 1. The molecule has 0 aromatic rings. The Hall–Kier alpha value is -1.62. The van der Waals surface area contributed by atoms with Crippen LogP contribution in [-0.2, 0) is 19.1 Å². The van der Waals surface area contributed by atoms with Crippen LogP contribution in [0.15, 0.2) is 23.8 Å². The molecule has 22 heavy (non-hydrogen) atoms. The molecular weight excluding hydrogens is 284 g/mol. The molecular formula is C17H22O5. The molecule has 0 aromatic carbocycles. The molecule has 0 bridgehead atoms. The average molecular weight is 306 g/mol. The van der Waals surface area contributed by atoms with Crippen LogP contribution in [0.5, 0.6) is 0 Å². The summed E-state index contributed by atoms with van der Waals surface area (Å²) in [6, 6.07) is 0. The van der Waals surface area contributed by atoms with Crippen molar-refractivity contribution in [1.82, 2.24) is 0 Å². The summed E-state index contributed by atoms with van der Waals surface area (Å²) < 4.78 is 10.7.